The predicted octanol–water partition coefficient (Wildman–Crippen LogP) is 3.17. The summed E-state index contributed by atoms with van der Waals surface area (Å²) in [4.78, 5) is 40.1. The van der Waals surface area contributed by atoms with Crippen molar-refractivity contribution >= 4 is 35.1 Å². The standard InChI is InChI=1S/C22H29ClN4O3/c1-24-16-4-7-22(8-5-16)9-12-26(13-10-22)20(29)15-2-3-17(23)18(14-15)27-11-6-19(28)25-21(27)30/h2-3,14,16,24H,4-13H2,1H3,(H,25,28,30). The van der Waals surface area contributed by atoms with Crippen molar-refractivity contribution in [3.8, 4) is 0 Å². The smallest absolute Gasteiger partial charge is 0.328 e. The van der Waals surface area contributed by atoms with E-state index in [4.69, 9.17) is 11.6 Å². The Bertz CT molecular complexity index is 841. The summed E-state index contributed by atoms with van der Waals surface area (Å²) in [6, 6.07) is 5.16. The van der Waals surface area contributed by atoms with Crippen LogP contribution in [0.25, 0.3) is 0 Å². The van der Waals surface area contributed by atoms with Crippen molar-refractivity contribution in [1.82, 2.24) is 15.5 Å². The van der Waals surface area contributed by atoms with Crippen molar-refractivity contribution < 1.29 is 14.4 Å². The molecular weight excluding hydrogens is 404 g/mol. The minimum Gasteiger partial charge on any atom is -0.339 e. The summed E-state index contributed by atoms with van der Waals surface area (Å²) in [5, 5.41) is 6.07. The van der Waals surface area contributed by atoms with Gasteiger partial charge in [-0.2, -0.15) is 0 Å². The molecule has 8 heteroatoms. The zero-order valence-corrected chi connectivity index (χ0v) is 18.1. The molecule has 1 aromatic carbocycles. The Kier molecular flexibility index (Phi) is 6.02. The van der Waals surface area contributed by atoms with Gasteiger partial charge in [-0.05, 0) is 69.2 Å². The van der Waals surface area contributed by atoms with Gasteiger partial charge in [-0.3, -0.25) is 19.8 Å². The van der Waals surface area contributed by atoms with Gasteiger partial charge in [-0.15, -0.1) is 0 Å². The van der Waals surface area contributed by atoms with Gasteiger partial charge in [-0.25, -0.2) is 4.79 Å². The number of anilines is 1. The van der Waals surface area contributed by atoms with Crippen LogP contribution in [0.5, 0.6) is 0 Å². The van der Waals surface area contributed by atoms with Crippen LogP contribution in [0, 0.1) is 5.41 Å². The maximum Gasteiger partial charge on any atom is 0.328 e. The van der Waals surface area contributed by atoms with E-state index in [0.29, 0.717) is 27.7 Å². The number of hydrogen-bond acceptors (Lipinski definition) is 4. The number of rotatable bonds is 3. The monoisotopic (exact) mass is 432 g/mol. The van der Waals surface area contributed by atoms with Gasteiger partial charge in [0.2, 0.25) is 5.91 Å². The second-order valence-corrected chi connectivity index (χ2v) is 9.18. The molecule has 30 heavy (non-hydrogen) atoms. The van der Waals surface area contributed by atoms with Crippen LogP contribution in [0.2, 0.25) is 5.02 Å². The highest BCUT2D eigenvalue weighted by Crippen LogP contribution is 2.44. The number of amides is 4. The summed E-state index contributed by atoms with van der Waals surface area (Å²) >= 11 is 6.31. The molecule has 2 aliphatic heterocycles. The summed E-state index contributed by atoms with van der Waals surface area (Å²) in [5.74, 6) is -0.328. The molecule has 7 nitrogen and oxygen atoms in total. The van der Waals surface area contributed by atoms with E-state index in [1.54, 1.807) is 18.2 Å². The third-order valence-electron chi connectivity index (χ3n) is 7.10. The average molecular weight is 433 g/mol. The SMILES string of the molecule is CNC1CCC2(CC1)CCN(C(=O)c1ccc(Cl)c(N3CCC(=O)NC3=O)c1)CC2. The molecule has 3 fully saturated rings. The number of hydrogen-bond donors (Lipinski definition) is 2. The topological polar surface area (TPSA) is 81.8 Å². The lowest BCUT2D eigenvalue weighted by Crippen LogP contribution is -2.49. The highest BCUT2D eigenvalue weighted by Gasteiger charge is 2.39. The summed E-state index contributed by atoms with van der Waals surface area (Å²) in [6.45, 7) is 1.78. The fourth-order valence-electron chi connectivity index (χ4n) is 5.03. The van der Waals surface area contributed by atoms with Crippen molar-refractivity contribution in [2.24, 2.45) is 5.41 Å². The van der Waals surface area contributed by atoms with Crippen molar-refractivity contribution in [3.05, 3.63) is 28.8 Å². The zero-order valence-electron chi connectivity index (χ0n) is 17.4. The Morgan fingerprint density at radius 3 is 2.47 bits per heavy atom. The Morgan fingerprint density at radius 2 is 1.83 bits per heavy atom. The largest absolute Gasteiger partial charge is 0.339 e. The van der Waals surface area contributed by atoms with E-state index < -0.39 is 6.03 Å². The van der Waals surface area contributed by atoms with E-state index in [0.717, 1.165) is 25.9 Å². The summed E-state index contributed by atoms with van der Waals surface area (Å²) in [5.41, 5.74) is 1.37. The van der Waals surface area contributed by atoms with Crippen LogP contribution in [-0.2, 0) is 4.79 Å². The van der Waals surface area contributed by atoms with Crippen LogP contribution in [0.3, 0.4) is 0 Å². The number of imide groups is 1. The molecule has 0 bridgehead atoms. The number of halogens is 1. The van der Waals surface area contributed by atoms with E-state index in [1.807, 2.05) is 11.9 Å². The van der Waals surface area contributed by atoms with E-state index in [9.17, 15) is 14.4 Å². The van der Waals surface area contributed by atoms with Crippen LogP contribution in [-0.4, -0.2) is 55.5 Å². The van der Waals surface area contributed by atoms with Crippen LogP contribution in [0.1, 0.15) is 55.3 Å². The molecule has 1 saturated carbocycles. The third kappa shape index (κ3) is 4.18. The molecule has 162 valence electrons. The normalized spacial score (nSPS) is 22.3. The number of piperidine rings is 1. The van der Waals surface area contributed by atoms with Gasteiger partial charge in [-0.1, -0.05) is 11.6 Å². The van der Waals surface area contributed by atoms with Crippen molar-refractivity contribution in [2.45, 2.75) is 51.0 Å². The first-order valence-electron chi connectivity index (χ1n) is 10.8. The first-order valence-corrected chi connectivity index (χ1v) is 11.2. The minimum absolute atomic E-state index is 0.0276. The molecular formula is C22H29ClN4O3. The summed E-state index contributed by atoms with van der Waals surface area (Å²) < 4.78 is 0. The van der Waals surface area contributed by atoms with Gasteiger partial charge in [0, 0.05) is 37.7 Å². The molecule has 2 heterocycles. The van der Waals surface area contributed by atoms with Crippen LogP contribution < -0.4 is 15.5 Å². The lowest BCUT2D eigenvalue weighted by atomic mass is 9.67. The molecule has 4 rings (SSSR count). The molecule has 3 aliphatic rings. The third-order valence-corrected chi connectivity index (χ3v) is 7.42. The summed E-state index contributed by atoms with van der Waals surface area (Å²) in [6.07, 6.45) is 7.20. The highest BCUT2D eigenvalue weighted by atomic mass is 35.5. The van der Waals surface area contributed by atoms with Gasteiger partial charge in [0.05, 0.1) is 10.7 Å². The number of benzene rings is 1. The molecule has 0 aromatic heterocycles. The van der Waals surface area contributed by atoms with Crippen LogP contribution in [0.15, 0.2) is 18.2 Å². The van der Waals surface area contributed by atoms with Crippen LogP contribution >= 0.6 is 11.6 Å². The lowest BCUT2D eigenvalue weighted by molar-refractivity contribution is -0.120. The molecule has 1 aliphatic carbocycles. The fraction of sp³-hybridized carbons (Fsp3) is 0.591. The molecule has 0 radical (unpaired) electrons. The minimum atomic E-state index is -0.505. The van der Waals surface area contributed by atoms with Gasteiger partial charge in [0.25, 0.3) is 5.91 Å². The van der Waals surface area contributed by atoms with E-state index >= 15 is 0 Å². The summed E-state index contributed by atoms with van der Waals surface area (Å²) in [7, 11) is 2.04. The van der Waals surface area contributed by atoms with E-state index in [2.05, 4.69) is 10.6 Å². The van der Waals surface area contributed by atoms with Crippen molar-refractivity contribution in [2.75, 3.05) is 31.6 Å². The average Bonchev–Trinajstić information content (AvgIpc) is 2.75. The Balaban J connectivity index is 1.43. The number of carbonyl (C=O) groups excluding carboxylic acids is 3. The van der Waals surface area contributed by atoms with E-state index in [1.165, 1.54) is 30.6 Å². The molecule has 2 saturated heterocycles. The second-order valence-electron chi connectivity index (χ2n) is 8.78. The maximum absolute atomic E-state index is 13.1. The lowest BCUT2D eigenvalue weighted by Gasteiger charge is -2.46. The molecule has 2 N–H and O–H groups in total. The zero-order chi connectivity index (χ0) is 21.3. The van der Waals surface area contributed by atoms with Gasteiger partial charge in [0.15, 0.2) is 0 Å². The first kappa shape index (κ1) is 21.1. The van der Waals surface area contributed by atoms with Gasteiger partial charge >= 0.3 is 6.03 Å². The number of urea groups is 1. The highest BCUT2D eigenvalue weighted by molar-refractivity contribution is 6.34. The van der Waals surface area contributed by atoms with Crippen molar-refractivity contribution in [3.63, 3.8) is 0 Å². The second kappa shape index (κ2) is 8.55. The Labute approximate surface area is 182 Å². The molecule has 0 unspecified atom stereocenters. The molecule has 0 atom stereocenters. The van der Waals surface area contributed by atoms with Crippen LogP contribution in [0.4, 0.5) is 10.5 Å². The number of nitrogens with one attached hydrogen (secondary N) is 2. The van der Waals surface area contributed by atoms with Gasteiger partial charge in [0.1, 0.15) is 0 Å². The Morgan fingerprint density at radius 1 is 1.13 bits per heavy atom. The first-order chi connectivity index (χ1) is 14.4. The Hall–Kier alpha value is -2.12. The number of nitrogens with zero attached hydrogens (tertiary/aromatic N) is 2. The number of carbonyl (C=O) groups is 3. The van der Waals surface area contributed by atoms with E-state index in [-0.39, 0.29) is 24.8 Å². The molecule has 4 amide bonds. The maximum atomic E-state index is 13.1. The molecule has 1 spiro atoms. The fourth-order valence-corrected chi connectivity index (χ4v) is 5.25. The molecule has 1 aromatic rings. The van der Waals surface area contributed by atoms with Gasteiger partial charge < -0.3 is 10.2 Å². The number of likely N-dealkylation sites (tertiary alicyclic amines) is 1. The van der Waals surface area contributed by atoms with Crippen molar-refractivity contribution in [1.29, 1.82) is 0 Å². The quantitative estimate of drug-likeness (QED) is 0.768. The predicted molar refractivity (Wildman–Crippen MR) is 116 cm³/mol.